The maximum absolute atomic E-state index is 12.9. The molecule has 2 saturated heterocycles. The van der Waals surface area contributed by atoms with Crippen molar-refractivity contribution in [1.82, 2.24) is 14.1 Å². The molecule has 1 N–H and O–H groups in total. The number of halogens is 1. The number of nitrogens with zero attached hydrogens (tertiary/aromatic N) is 3. The van der Waals surface area contributed by atoms with E-state index >= 15 is 0 Å². The maximum Gasteiger partial charge on any atom is 0.321 e. The van der Waals surface area contributed by atoms with Crippen LogP contribution in [-0.4, -0.2) is 80.0 Å². The molecule has 2 aliphatic heterocycles. The highest BCUT2D eigenvalue weighted by atomic mass is 35.5. The minimum atomic E-state index is -3.54. The molecule has 0 unspecified atom stereocenters. The molecule has 0 aromatic heterocycles. The lowest BCUT2D eigenvalue weighted by Crippen LogP contribution is -2.40. The van der Waals surface area contributed by atoms with Crippen LogP contribution in [0.3, 0.4) is 0 Å². The van der Waals surface area contributed by atoms with Crippen molar-refractivity contribution in [3.63, 3.8) is 0 Å². The number of carbonyl (C=O) groups is 2. The molecule has 28 heavy (non-hydrogen) atoms. The van der Waals surface area contributed by atoms with Gasteiger partial charge in [0.2, 0.25) is 15.9 Å². The average Bonchev–Trinajstić information content (AvgIpc) is 2.76. The van der Waals surface area contributed by atoms with Crippen molar-refractivity contribution in [2.24, 2.45) is 5.92 Å². The lowest BCUT2D eigenvalue weighted by molar-refractivity contribution is -0.128. The van der Waals surface area contributed by atoms with Gasteiger partial charge in [0, 0.05) is 44.4 Å². The van der Waals surface area contributed by atoms with Gasteiger partial charge >= 0.3 is 6.03 Å². The molecule has 2 aliphatic rings. The summed E-state index contributed by atoms with van der Waals surface area (Å²) in [5.41, 5.74) is 0.600. The molecule has 2 atom stereocenters. The quantitative estimate of drug-likeness (QED) is 0.793. The molecule has 154 valence electrons. The number of hydrogen-bond donors (Lipinski definition) is 1. The Labute approximate surface area is 170 Å². The van der Waals surface area contributed by atoms with Crippen molar-refractivity contribution in [3.8, 4) is 0 Å². The number of anilines is 1. The second-order valence-electron chi connectivity index (χ2n) is 7.43. The number of carbonyl (C=O) groups excluding carboxylic acids is 2. The van der Waals surface area contributed by atoms with E-state index in [1.165, 1.54) is 9.21 Å². The molecule has 0 bridgehead atoms. The predicted octanol–water partition coefficient (Wildman–Crippen LogP) is 1.69. The van der Waals surface area contributed by atoms with E-state index in [0.29, 0.717) is 43.2 Å². The van der Waals surface area contributed by atoms with E-state index in [4.69, 9.17) is 11.6 Å². The van der Waals surface area contributed by atoms with Gasteiger partial charge in [-0.2, -0.15) is 4.31 Å². The summed E-state index contributed by atoms with van der Waals surface area (Å²) >= 11 is 5.94. The van der Waals surface area contributed by atoms with Crippen molar-refractivity contribution in [1.29, 1.82) is 0 Å². The Bertz CT molecular complexity index is 861. The molecule has 8 nitrogen and oxygen atoms in total. The zero-order valence-electron chi connectivity index (χ0n) is 16.0. The number of urea groups is 1. The molecular formula is C18H25ClN4O4S. The van der Waals surface area contributed by atoms with Gasteiger partial charge in [0.15, 0.2) is 0 Å². The van der Waals surface area contributed by atoms with Gasteiger partial charge in [-0.05, 0) is 37.0 Å². The summed E-state index contributed by atoms with van der Waals surface area (Å²) in [6.07, 6.45) is 0.947. The van der Waals surface area contributed by atoms with Gasteiger partial charge in [0.25, 0.3) is 0 Å². The van der Waals surface area contributed by atoms with Crippen LogP contribution in [0.5, 0.6) is 0 Å². The van der Waals surface area contributed by atoms with Gasteiger partial charge in [-0.1, -0.05) is 17.7 Å². The zero-order valence-corrected chi connectivity index (χ0v) is 17.5. The van der Waals surface area contributed by atoms with E-state index in [1.807, 2.05) is 0 Å². The fraction of sp³-hybridized carbons (Fsp3) is 0.556. The SMILES string of the molecule is CN(C)C(=O)CN1C[C@@H]2CCN(C(=O)Nc3cccc(Cl)c3)CC[C@@H]2S1(=O)=O. The number of hydrogen-bond acceptors (Lipinski definition) is 4. The predicted molar refractivity (Wildman–Crippen MR) is 108 cm³/mol. The Balaban J connectivity index is 1.64. The molecule has 3 amide bonds. The molecule has 0 radical (unpaired) electrons. The summed E-state index contributed by atoms with van der Waals surface area (Å²) in [6.45, 7) is 1.03. The molecular weight excluding hydrogens is 404 g/mol. The van der Waals surface area contributed by atoms with E-state index in [1.54, 1.807) is 43.3 Å². The van der Waals surface area contributed by atoms with Crippen LogP contribution in [0.2, 0.25) is 5.02 Å². The first-order valence-electron chi connectivity index (χ1n) is 9.19. The van der Waals surface area contributed by atoms with Crippen molar-refractivity contribution in [3.05, 3.63) is 29.3 Å². The lowest BCUT2D eigenvalue weighted by Gasteiger charge is -2.23. The molecule has 3 rings (SSSR count). The largest absolute Gasteiger partial charge is 0.348 e. The van der Waals surface area contributed by atoms with Crippen molar-refractivity contribution >= 4 is 39.2 Å². The highest BCUT2D eigenvalue weighted by Gasteiger charge is 2.47. The lowest BCUT2D eigenvalue weighted by atomic mass is 10.0. The summed E-state index contributed by atoms with van der Waals surface area (Å²) in [4.78, 5) is 27.5. The van der Waals surface area contributed by atoms with Crippen LogP contribution < -0.4 is 5.32 Å². The molecule has 2 fully saturated rings. The van der Waals surface area contributed by atoms with E-state index < -0.39 is 15.3 Å². The molecule has 0 spiro atoms. The standard InChI is InChI=1S/C18H25ClN4O4S/c1-21(2)17(24)12-23-11-13-6-8-22(9-7-16(13)28(23,26)27)18(25)20-15-5-3-4-14(19)10-15/h3-5,10,13,16H,6-9,11-12H2,1-2H3,(H,20,25)/t13-,16-/m0/s1. The van der Waals surface area contributed by atoms with E-state index in [0.717, 1.165) is 0 Å². The Kier molecular flexibility index (Phi) is 6.16. The van der Waals surface area contributed by atoms with Crippen molar-refractivity contribution in [2.75, 3.05) is 45.6 Å². The van der Waals surface area contributed by atoms with Gasteiger partial charge < -0.3 is 15.1 Å². The van der Waals surface area contributed by atoms with Crippen molar-refractivity contribution in [2.45, 2.75) is 18.1 Å². The Morgan fingerprint density at radius 2 is 1.96 bits per heavy atom. The molecule has 10 heteroatoms. The number of rotatable bonds is 3. The molecule has 2 heterocycles. The fourth-order valence-electron chi connectivity index (χ4n) is 3.71. The number of likely N-dealkylation sites (N-methyl/N-ethyl adjacent to an activating group) is 1. The minimum absolute atomic E-state index is 0.0797. The number of amides is 3. The summed E-state index contributed by atoms with van der Waals surface area (Å²) in [7, 11) is -0.322. The van der Waals surface area contributed by atoms with Crippen LogP contribution in [0.1, 0.15) is 12.8 Å². The van der Waals surface area contributed by atoms with Crippen LogP contribution >= 0.6 is 11.6 Å². The van der Waals surface area contributed by atoms with E-state index in [2.05, 4.69) is 5.32 Å². The first-order valence-corrected chi connectivity index (χ1v) is 11.1. The van der Waals surface area contributed by atoms with Gasteiger partial charge in [-0.15, -0.1) is 0 Å². The molecule has 1 aromatic rings. The van der Waals surface area contributed by atoms with E-state index in [9.17, 15) is 18.0 Å². The topological polar surface area (TPSA) is 90.0 Å². The maximum atomic E-state index is 12.9. The summed E-state index contributed by atoms with van der Waals surface area (Å²) < 4.78 is 27.0. The highest BCUT2D eigenvalue weighted by Crippen LogP contribution is 2.34. The second kappa shape index (κ2) is 8.26. The second-order valence-corrected chi connectivity index (χ2v) is 10.0. The third-order valence-corrected chi connectivity index (χ3v) is 7.95. The number of fused-ring (bicyclic) bond motifs is 1. The summed E-state index contributed by atoms with van der Waals surface area (Å²) in [5, 5.41) is 2.79. The summed E-state index contributed by atoms with van der Waals surface area (Å²) in [6, 6.07) is 6.62. The van der Waals surface area contributed by atoms with Crippen LogP contribution in [0, 0.1) is 5.92 Å². The molecule has 0 saturated carbocycles. The fourth-order valence-corrected chi connectivity index (χ4v) is 6.09. The average molecular weight is 429 g/mol. The van der Waals surface area contributed by atoms with Gasteiger partial charge in [0.05, 0.1) is 11.8 Å². The molecule has 1 aromatic carbocycles. The van der Waals surface area contributed by atoms with Crippen LogP contribution in [0.15, 0.2) is 24.3 Å². The number of benzene rings is 1. The summed E-state index contributed by atoms with van der Waals surface area (Å²) in [5.74, 6) is -0.313. The third kappa shape index (κ3) is 4.42. The minimum Gasteiger partial charge on any atom is -0.348 e. The van der Waals surface area contributed by atoms with Crippen LogP contribution in [-0.2, 0) is 14.8 Å². The monoisotopic (exact) mass is 428 g/mol. The Morgan fingerprint density at radius 1 is 1.25 bits per heavy atom. The third-order valence-electron chi connectivity index (χ3n) is 5.33. The number of likely N-dealkylation sites (tertiary alicyclic amines) is 1. The van der Waals surface area contributed by atoms with Gasteiger partial charge in [-0.3, -0.25) is 4.79 Å². The van der Waals surface area contributed by atoms with Gasteiger partial charge in [-0.25, -0.2) is 13.2 Å². The highest BCUT2D eigenvalue weighted by molar-refractivity contribution is 7.90. The molecule has 0 aliphatic carbocycles. The first-order chi connectivity index (χ1) is 13.2. The Morgan fingerprint density at radius 3 is 2.64 bits per heavy atom. The number of nitrogens with one attached hydrogen (secondary N) is 1. The van der Waals surface area contributed by atoms with Crippen LogP contribution in [0.4, 0.5) is 10.5 Å². The smallest absolute Gasteiger partial charge is 0.321 e. The van der Waals surface area contributed by atoms with Gasteiger partial charge in [0.1, 0.15) is 0 Å². The Hall–Kier alpha value is -1.84. The van der Waals surface area contributed by atoms with Crippen LogP contribution in [0.25, 0.3) is 0 Å². The van der Waals surface area contributed by atoms with E-state index in [-0.39, 0.29) is 24.4 Å². The normalized spacial score (nSPS) is 24.3. The zero-order chi connectivity index (χ0) is 20.5. The first kappa shape index (κ1) is 20.9. The number of sulfonamides is 1. The van der Waals surface area contributed by atoms with Crippen molar-refractivity contribution < 1.29 is 18.0 Å².